The van der Waals surface area contributed by atoms with Gasteiger partial charge >= 0.3 is 0 Å². The molecule has 0 fully saturated rings. The zero-order valence-corrected chi connectivity index (χ0v) is 16.1. The summed E-state index contributed by atoms with van der Waals surface area (Å²) in [7, 11) is 3.23. The van der Waals surface area contributed by atoms with Gasteiger partial charge in [-0.25, -0.2) is 0 Å². The fourth-order valence-electron chi connectivity index (χ4n) is 3.00. The molecule has 0 heterocycles. The molecule has 1 amide bonds. The molecular weight excluding hydrogens is 326 g/mol. The van der Waals surface area contributed by atoms with Crippen molar-refractivity contribution >= 4 is 5.91 Å². The zero-order valence-electron chi connectivity index (χ0n) is 16.1. The quantitative estimate of drug-likeness (QED) is 0.718. The van der Waals surface area contributed by atoms with Gasteiger partial charge in [-0.15, -0.1) is 0 Å². The van der Waals surface area contributed by atoms with Gasteiger partial charge in [0, 0.05) is 6.42 Å². The van der Waals surface area contributed by atoms with Gasteiger partial charge in [0.1, 0.15) is 0 Å². The van der Waals surface area contributed by atoms with E-state index in [1.807, 2.05) is 36.4 Å². The summed E-state index contributed by atoms with van der Waals surface area (Å²) < 4.78 is 10.6. The Morgan fingerprint density at radius 3 is 2.31 bits per heavy atom. The van der Waals surface area contributed by atoms with Crippen LogP contribution in [-0.2, 0) is 11.2 Å². The summed E-state index contributed by atoms with van der Waals surface area (Å²) in [6, 6.07) is 16.0. The van der Waals surface area contributed by atoms with Gasteiger partial charge in [0.15, 0.2) is 11.5 Å². The molecule has 0 saturated carbocycles. The largest absolute Gasteiger partial charge is 0.493 e. The second-order valence-corrected chi connectivity index (χ2v) is 6.85. The number of rotatable bonds is 9. The van der Waals surface area contributed by atoms with Crippen molar-refractivity contribution in [1.82, 2.24) is 5.32 Å². The minimum atomic E-state index is 0.0501. The molecule has 1 N–H and O–H groups in total. The number of carbonyl (C=O) groups is 1. The Kier molecular flexibility index (Phi) is 7.52. The first kappa shape index (κ1) is 19.8. The molecular formula is C22H29NO3. The monoisotopic (exact) mass is 355 g/mol. The molecule has 140 valence electrons. The highest BCUT2D eigenvalue weighted by molar-refractivity contribution is 5.76. The van der Waals surface area contributed by atoms with Crippen molar-refractivity contribution in [1.29, 1.82) is 0 Å². The molecule has 0 saturated heterocycles. The van der Waals surface area contributed by atoms with E-state index >= 15 is 0 Å². The lowest BCUT2D eigenvalue weighted by Gasteiger charge is -2.21. The Morgan fingerprint density at radius 1 is 1.00 bits per heavy atom. The maximum absolute atomic E-state index is 12.5. The van der Waals surface area contributed by atoms with Gasteiger partial charge in [0.2, 0.25) is 5.91 Å². The highest BCUT2D eigenvalue weighted by atomic mass is 16.5. The molecule has 0 spiro atoms. The van der Waals surface area contributed by atoms with Crippen LogP contribution in [0.3, 0.4) is 0 Å². The molecule has 0 aromatic heterocycles. The van der Waals surface area contributed by atoms with E-state index in [4.69, 9.17) is 9.47 Å². The van der Waals surface area contributed by atoms with Crippen molar-refractivity contribution in [3.63, 3.8) is 0 Å². The topological polar surface area (TPSA) is 47.6 Å². The Hall–Kier alpha value is -2.49. The van der Waals surface area contributed by atoms with Crippen molar-refractivity contribution in [2.24, 2.45) is 5.92 Å². The first-order valence-corrected chi connectivity index (χ1v) is 9.08. The highest BCUT2D eigenvalue weighted by Gasteiger charge is 2.16. The van der Waals surface area contributed by atoms with E-state index in [-0.39, 0.29) is 11.9 Å². The molecule has 2 aromatic carbocycles. The molecule has 0 unspecified atom stereocenters. The van der Waals surface area contributed by atoms with Gasteiger partial charge in [0.05, 0.1) is 20.3 Å². The number of methoxy groups -OCH3 is 2. The maximum Gasteiger partial charge on any atom is 0.220 e. The molecule has 4 heteroatoms. The van der Waals surface area contributed by atoms with E-state index in [2.05, 4.69) is 31.3 Å². The van der Waals surface area contributed by atoms with Crippen LogP contribution >= 0.6 is 0 Å². The second-order valence-electron chi connectivity index (χ2n) is 6.85. The number of hydrogen-bond acceptors (Lipinski definition) is 3. The van der Waals surface area contributed by atoms with E-state index in [1.54, 1.807) is 14.2 Å². The number of benzene rings is 2. The van der Waals surface area contributed by atoms with Crippen LogP contribution in [0, 0.1) is 5.92 Å². The average molecular weight is 355 g/mol. The zero-order chi connectivity index (χ0) is 18.9. The SMILES string of the molecule is COc1ccc(CCC(=O)N[C@@H](CC(C)C)c2ccccc2)cc1OC. The van der Waals surface area contributed by atoms with Gasteiger partial charge in [-0.2, -0.15) is 0 Å². The molecule has 26 heavy (non-hydrogen) atoms. The standard InChI is InChI=1S/C22H29NO3/c1-16(2)14-19(18-8-6-5-7-9-18)23-22(24)13-11-17-10-12-20(25-3)21(15-17)26-4/h5-10,12,15-16,19H,11,13-14H2,1-4H3,(H,23,24)/t19-/m0/s1. The predicted molar refractivity (Wildman–Crippen MR) is 105 cm³/mol. The summed E-state index contributed by atoms with van der Waals surface area (Å²) in [5.41, 5.74) is 2.21. The van der Waals surface area contributed by atoms with Gasteiger partial charge in [-0.05, 0) is 42.0 Å². The van der Waals surface area contributed by atoms with Crippen LogP contribution in [-0.4, -0.2) is 20.1 Å². The second kappa shape index (κ2) is 9.85. The highest BCUT2D eigenvalue weighted by Crippen LogP contribution is 2.28. The first-order chi connectivity index (χ1) is 12.5. The lowest BCUT2D eigenvalue weighted by molar-refractivity contribution is -0.121. The van der Waals surface area contributed by atoms with Gasteiger partial charge in [0.25, 0.3) is 0 Å². The Balaban J connectivity index is 1.98. The van der Waals surface area contributed by atoms with Crippen LogP contribution < -0.4 is 14.8 Å². The molecule has 2 aromatic rings. The number of amides is 1. The third-order valence-electron chi connectivity index (χ3n) is 4.33. The fraction of sp³-hybridized carbons (Fsp3) is 0.409. The van der Waals surface area contributed by atoms with Crippen molar-refractivity contribution in [3.8, 4) is 11.5 Å². The van der Waals surface area contributed by atoms with E-state index in [0.29, 0.717) is 30.3 Å². The van der Waals surface area contributed by atoms with Gasteiger partial charge in [-0.1, -0.05) is 50.2 Å². The molecule has 2 rings (SSSR count). The van der Waals surface area contributed by atoms with Crippen LogP contribution in [0.2, 0.25) is 0 Å². The van der Waals surface area contributed by atoms with Gasteiger partial charge < -0.3 is 14.8 Å². The average Bonchev–Trinajstić information content (AvgIpc) is 2.66. The molecule has 0 bridgehead atoms. The minimum absolute atomic E-state index is 0.0501. The Morgan fingerprint density at radius 2 is 1.69 bits per heavy atom. The number of aryl methyl sites for hydroxylation is 1. The summed E-state index contributed by atoms with van der Waals surface area (Å²) in [6.07, 6.45) is 2.03. The summed E-state index contributed by atoms with van der Waals surface area (Å²) in [4.78, 5) is 12.5. The van der Waals surface area contributed by atoms with Crippen molar-refractivity contribution < 1.29 is 14.3 Å². The maximum atomic E-state index is 12.5. The van der Waals surface area contributed by atoms with Crippen molar-refractivity contribution in [2.45, 2.75) is 39.2 Å². The lowest BCUT2D eigenvalue weighted by Crippen LogP contribution is -2.29. The number of hydrogen-bond donors (Lipinski definition) is 1. The Labute approximate surface area is 156 Å². The molecule has 4 nitrogen and oxygen atoms in total. The van der Waals surface area contributed by atoms with E-state index in [9.17, 15) is 4.79 Å². The normalized spacial score (nSPS) is 11.9. The minimum Gasteiger partial charge on any atom is -0.493 e. The molecule has 1 atom stereocenters. The molecule has 0 aliphatic rings. The van der Waals surface area contributed by atoms with Crippen molar-refractivity contribution in [2.75, 3.05) is 14.2 Å². The van der Waals surface area contributed by atoms with E-state index in [1.165, 1.54) is 0 Å². The Bertz CT molecular complexity index is 698. The van der Waals surface area contributed by atoms with E-state index in [0.717, 1.165) is 17.5 Å². The van der Waals surface area contributed by atoms with Crippen LogP contribution in [0.25, 0.3) is 0 Å². The summed E-state index contributed by atoms with van der Waals surface area (Å²) in [5.74, 6) is 1.95. The van der Waals surface area contributed by atoms with Crippen LogP contribution in [0.5, 0.6) is 11.5 Å². The predicted octanol–water partition coefficient (Wildman–Crippen LogP) is 4.54. The summed E-state index contributed by atoms with van der Waals surface area (Å²) >= 11 is 0. The smallest absolute Gasteiger partial charge is 0.220 e. The van der Waals surface area contributed by atoms with E-state index < -0.39 is 0 Å². The number of carbonyl (C=O) groups excluding carboxylic acids is 1. The van der Waals surface area contributed by atoms with Crippen molar-refractivity contribution in [3.05, 3.63) is 59.7 Å². The van der Waals surface area contributed by atoms with Crippen LogP contribution in [0.4, 0.5) is 0 Å². The number of ether oxygens (including phenoxy) is 2. The third-order valence-corrected chi connectivity index (χ3v) is 4.33. The molecule has 0 aliphatic heterocycles. The molecule has 0 aliphatic carbocycles. The lowest BCUT2D eigenvalue weighted by atomic mass is 9.96. The summed E-state index contributed by atoms with van der Waals surface area (Å²) in [5, 5.41) is 3.19. The molecule has 0 radical (unpaired) electrons. The first-order valence-electron chi connectivity index (χ1n) is 9.08. The van der Waals surface area contributed by atoms with Gasteiger partial charge in [-0.3, -0.25) is 4.79 Å². The third kappa shape index (κ3) is 5.80. The number of nitrogens with one attached hydrogen (secondary N) is 1. The fourth-order valence-corrected chi connectivity index (χ4v) is 3.00. The summed E-state index contributed by atoms with van der Waals surface area (Å²) in [6.45, 7) is 4.34. The van der Waals surface area contributed by atoms with Crippen LogP contribution in [0.1, 0.15) is 43.9 Å². The van der Waals surface area contributed by atoms with Crippen LogP contribution in [0.15, 0.2) is 48.5 Å².